The number of anilines is 1. The molecule has 1 atom stereocenters. The molecule has 2 rings (SSSR count). The maximum atomic E-state index is 12.2. The second-order valence-electron chi connectivity index (χ2n) is 4.93. The number of rotatable bonds is 1. The van der Waals surface area contributed by atoms with Gasteiger partial charge < -0.3 is 10.2 Å². The highest BCUT2D eigenvalue weighted by Gasteiger charge is 2.23. The Bertz CT molecular complexity index is 447. The molecule has 0 saturated carbocycles. The first kappa shape index (κ1) is 13.4. The second kappa shape index (κ2) is 5.74. The number of carbonyl (C=O) groups excluding carboxylic acids is 1. The molecule has 0 unspecified atom stereocenters. The summed E-state index contributed by atoms with van der Waals surface area (Å²) >= 11 is 3.46. The van der Waals surface area contributed by atoms with Crippen LogP contribution in [0.4, 0.5) is 10.5 Å². The monoisotopic (exact) mass is 310 g/mol. The molecule has 1 aromatic carbocycles. The van der Waals surface area contributed by atoms with Crippen LogP contribution in [0.3, 0.4) is 0 Å². The molecular weight excluding hydrogens is 292 g/mol. The summed E-state index contributed by atoms with van der Waals surface area (Å²) in [4.78, 5) is 14.1. The van der Waals surface area contributed by atoms with Gasteiger partial charge in [0, 0.05) is 22.7 Å². The van der Waals surface area contributed by atoms with Gasteiger partial charge in [-0.15, -0.1) is 0 Å². The first-order valence-corrected chi connectivity index (χ1v) is 7.21. The van der Waals surface area contributed by atoms with Crippen LogP contribution in [0.2, 0.25) is 0 Å². The van der Waals surface area contributed by atoms with Crippen LogP contribution in [0, 0.1) is 6.92 Å². The molecule has 3 nitrogen and oxygen atoms in total. The van der Waals surface area contributed by atoms with Gasteiger partial charge in [0.1, 0.15) is 0 Å². The zero-order valence-corrected chi connectivity index (χ0v) is 12.5. The van der Waals surface area contributed by atoms with E-state index in [0.29, 0.717) is 6.04 Å². The Kier molecular flexibility index (Phi) is 4.27. The van der Waals surface area contributed by atoms with Crippen LogP contribution in [0.15, 0.2) is 22.7 Å². The zero-order chi connectivity index (χ0) is 13.1. The number of halogens is 1. The largest absolute Gasteiger partial charge is 0.322 e. The number of hydrogen-bond donors (Lipinski definition) is 1. The Labute approximate surface area is 117 Å². The molecular formula is C14H19BrN2O. The third kappa shape index (κ3) is 3.05. The minimum atomic E-state index is 0.0175. The van der Waals surface area contributed by atoms with E-state index in [4.69, 9.17) is 0 Å². The normalized spacial score (nSPS) is 19.7. The van der Waals surface area contributed by atoms with Gasteiger partial charge in [0.2, 0.25) is 0 Å². The van der Waals surface area contributed by atoms with Gasteiger partial charge in [-0.25, -0.2) is 4.79 Å². The van der Waals surface area contributed by atoms with E-state index in [1.165, 1.54) is 6.42 Å². The minimum Gasteiger partial charge on any atom is -0.322 e. The summed E-state index contributed by atoms with van der Waals surface area (Å²) in [6, 6.07) is 6.23. The van der Waals surface area contributed by atoms with Gasteiger partial charge in [0.15, 0.2) is 0 Å². The first-order valence-electron chi connectivity index (χ1n) is 6.41. The number of nitrogens with one attached hydrogen (secondary N) is 1. The summed E-state index contributed by atoms with van der Waals surface area (Å²) in [6.07, 6.45) is 3.44. The van der Waals surface area contributed by atoms with Crippen molar-refractivity contribution in [2.45, 2.75) is 39.2 Å². The molecule has 1 saturated heterocycles. The van der Waals surface area contributed by atoms with Gasteiger partial charge in [-0.3, -0.25) is 0 Å². The summed E-state index contributed by atoms with van der Waals surface area (Å²) in [6.45, 7) is 5.00. The SMILES string of the molecule is Cc1cc(NC(=O)N2CCCC[C@H]2C)ccc1Br. The Hall–Kier alpha value is -1.03. The fourth-order valence-corrected chi connectivity index (χ4v) is 2.56. The van der Waals surface area contributed by atoms with Crippen LogP contribution in [0.5, 0.6) is 0 Å². The van der Waals surface area contributed by atoms with E-state index < -0.39 is 0 Å². The van der Waals surface area contributed by atoms with Crippen molar-refractivity contribution < 1.29 is 4.79 Å². The van der Waals surface area contributed by atoms with Gasteiger partial charge in [-0.1, -0.05) is 15.9 Å². The van der Waals surface area contributed by atoms with Gasteiger partial charge in [0.05, 0.1) is 0 Å². The lowest BCUT2D eigenvalue weighted by Gasteiger charge is -2.33. The van der Waals surface area contributed by atoms with Crippen LogP contribution in [-0.4, -0.2) is 23.5 Å². The van der Waals surface area contributed by atoms with Crippen LogP contribution < -0.4 is 5.32 Å². The third-order valence-electron chi connectivity index (χ3n) is 3.47. The lowest BCUT2D eigenvalue weighted by molar-refractivity contribution is 0.170. The molecule has 1 heterocycles. The van der Waals surface area contributed by atoms with Crippen molar-refractivity contribution >= 4 is 27.6 Å². The predicted molar refractivity (Wildman–Crippen MR) is 77.9 cm³/mol. The maximum Gasteiger partial charge on any atom is 0.322 e. The number of hydrogen-bond acceptors (Lipinski definition) is 1. The molecule has 0 spiro atoms. The Balaban J connectivity index is 2.04. The molecule has 2 amide bonds. The molecule has 1 N–H and O–H groups in total. The van der Waals surface area contributed by atoms with Gasteiger partial charge in [-0.2, -0.15) is 0 Å². The molecule has 1 aliphatic heterocycles. The van der Waals surface area contributed by atoms with E-state index in [1.807, 2.05) is 30.0 Å². The standard InChI is InChI=1S/C14H19BrN2O/c1-10-9-12(6-7-13(10)15)16-14(18)17-8-4-3-5-11(17)2/h6-7,9,11H,3-5,8H2,1-2H3,(H,16,18)/t11-/m1/s1. The number of aryl methyl sites for hydroxylation is 1. The lowest BCUT2D eigenvalue weighted by atomic mass is 10.0. The summed E-state index contributed by atoms with van der Waals surface area (Å²) < 4.78 is 1.06. The number of nitrogens with zero attached hydrogens (tertiary/aromatic N) is 1. The average Bonchev–Trinajstić information content (AvgIpc) is 2.34. The topological polar surface area (TPSA) is 32.3 Å². The highest BCUT2D eigenvalue weighted by Crippen LogP contribution is 2.22. The minimum absolute atomic E-state index is 0.0175. The lowest BCUT2D eigenvalue weighted by Crippen LogP contribution is -2.44. The molecule has 0 aromatic heterocycles. The van der Waals surface area contributed by atoms with E-state index >= 15 is 0 Å². The number of benzene rings is 1. The van der Waals surface area contributed by atoms with Crippen molar-refractivity contribution in [3.63, 3.8) is 0 Å². The Morgan fingerprint density at radius 3 is 2.89 bits per heavy atom. The number of likely N-dealkylation sites (tertiary alicyclic amines) is 1. The number of piperidine rings is 1. The summed E-state index contributed by atoms with van der Waals surface area (Å²) in [7, 11) is 0. The third-order valence-corrected chi connectivity index (χ3v) is 4.36. The molecule has 1 fully saturated rings. The summed E-state index contributed by atoms with van der Waals surface area (Å²) in [5.41, 5.74) is 1.98. The fourth-order valence-electron chi connectivity index (χ4n) is 2.32. The summed E-state index contributed by atoms with van der Waals surface area (Å²) in [5.74, 6) is 0. The highest BCUT2D eigenvalue weighted by atomic mass is 79.9. The average molecular weight is 311 g/mol. The Morgan fingerprint density at radius 1 is 1.44 bits per heavy atom. The van der Waals surface area contributed by atoms with Crippen LogP contribution in [0.1, 0.15) is 31.7 Å². The molecule has 1 aromatic rings. The van der Waals surface area contributed by atoms with E-state index in [-0.39, 0.29) is 6.03 Å². The molecule has 1 aliphatic rings. The molecule has 18 heavy (non-hydrogen) atoms. The van der Waals surface area contributed by atoms with Crippen molar-refractivity contribution in [3.8, 4) is 0 Å². The summed E-state index contributed by atoms with van der Waals surface area (Å²) in [5, 5.41) is 2.98. The van der Waals surface area contributed by atoms with Gasteiger partial charge in [0.25, 0.3) is 0 Å². The van der Waals surface area contributed by atoms with Gasteiger partial charge in [-0.05, 0) is 56.9 Å². The van der Waals surface area contributed by atoms with Crippen LogP contribution in [0.25, 0.3) is 0 Å². The van der Waals surface area contributed by atoms with E-state index in [2.05, 4.69) is 28.2 Å². The quantitative estimate of drug-likeness (QED) is 0.829. The van der Waals surface area contributed by atoms with Crippen molar-refractivity contribution in [3.05, 3.63) is 28.2 Å². The second-order valence-corrected chi connectivity index (χ2v) is 5.79. The van der Waals surface area contributed by atoms with Gasteiger partial charge >= 0.3 is 6.03 Å². The van der Waals surface area contributed by atoms with E-state index in [9.17, 15) is 4.79 Å². The first-order chi connectivity index (χ1) is 8.58. The zero-order valence-electron chi connectivity index (χ0n) is 10.9. The molecule has 4 heteroatoms. The van der Waals surface area contributed by atoms with E-state index in [1.54, 1.807) is 0 Å². The molecule has 0 radical (unpaired) electrons. The highest BCUT2D eigenvalue weighted by molar-refractivity contribution is 9.10. The molecule has 98 valence electrons. The van der Waals surface area contributed by atoms with Crippen molar-refractivity contribution in [1.82, 2.24) is 4.90 Å². The maximum absolute atomic E-state index is 12.2. The van der Waals surface area contributed by atoms with Crippen molar-refractivity contribution in [1.29, 1.82) is 0 Å². The van der Waals surface area contributed by atoms with Crippen molar-refractivity contribution in [2.75, 3.05) is 11.9 Å². The number of amides is 2. The number of carbonyl (C=O) groups is 1. The predicted octanol–water partition coefficient (Wildman–Crippen LogP) is 4.16. The van der Waals surface area contributed by atoms with Crippen LogP contribution >= 0.6 is 15.9 Å². The van der Waals surface area contributed by atoms with Crippen LogP contribution in [-0.2, 0) is 0 Å². The molecule has 0 bridgehead atoms. The smallest absolute Gasteiger partial charge is 0.322 e. The molecule has 0 aliphatic carbocycles. The Morgan fingerprint density at radius 2 is 2.22 bits per heavy atom. The fraction of sp³-hybridized carbons (Fsp3) is 0.500. The number of urea groups is 1. The van der Waals surface area contributed by atoms with Crippen molar-refractivity contribution in [2.24, 2.45) is 0 Å². The van der Waals surface area contributed by atoms with E-state index in [0.717, 1.165) is 35.1 Å².